The molecule has 8 heteroatoms. The van der Waals surface area contributed by atoms with E-state index in [1.54, 1.807) is 0 Å². The molecule has 134 valence electrons. The highest BCUT2D eigenvalue weighted by Gasteiger charge is 2.39. The molecular weight excluding hydrogens is 360 g/mol. The molecule has 2 N–H and O–H groups in total. The first-order chi connectivity index (χ1) is 11.7. The first-order valence-corrected chi connectivity index (χ1v) is 11.1. The van der Waals surface area contributed by atoms with Crippen LogP contribution in [0.15, 0.2) is 64.4 Å². The molecule has 1 aliphatic heterocycles. The van der Waals surface area contributed by atoms with Crippen LogP contribution in [-0.4, -0.2) is 46.5 Å². The molecule has 2 aromatic rings. The molecule has 1 aliphatic rings. The fourth-order valence-electron chi connectivity index (χ4n) is 3.15. The molecule has 6 nitrogen and oxygen atoms in total. The number of hydrogen-bond acceptors (Lipinski definition) is 5. The molecule has 0 aliphatic carbocycles. The summed E-state index contributed by atoms with van der Waals surface area (Å²) < 4.78 is 51.3. The van der Waals surface area contributed by atoms with Crippen molar-refractivity contribution in [3.05, 3.63) is 60.2 Å². The van der Waals surface area contributed by atoms with Crippen LogP contribution in [0, 0.1) is 0 Å². The highest BCUT2D eigenvalue weighted by atomic mass is 32.2. The van der Waals surface area contributed by atoms with E-state index < -0.39 is 19.9 Å². The molecule has 0 amide bonds. The summed E-state index contributed by atoms with van der Waals surface area (Å²) in [5, 5.41) is 0. The Morgan fingerprint density at radius 2 is 1.44 bits per heavy atom. The molecule has 1 heterocycles. The number of benzene rings is 2. The number of nitrogens with two attached hydrogens (primary N) is 1. The smallest absolute Gasteiger partial charge is 0.244 e. The Morgan fingerprint density at radius 1 is 0.880 bits per heavy atom. The van der Waals surface area contributed by atoms with Gasteiger partial charge in [-0.15, -0.1) is 0 Å². The van der Waals surface area contributed by atoms with Crippen LogP contribution in [0.3, 0.4) is 0 Å². The van der Waals surface area contributed by atoms with Crippen molar-refractivity contribution < 1.29 is 16.8 Å². The van der Waals surface area contributed by atoms with Crippen molar-refractivity contribution in [2.75, 3.05) is 19.3 Å². The maximum absolute atomic E-state index is 13.0. The molecule has 0 aromatic heterocycles. The summed E-state index contributed by atoms with van der Waals surface area (Å²) in [7, 11) is -7.61. The minimum Gasteiger partial charge on any atom is -0.326 e. The van der Waals surface area contributed by atoms with Gasteiger partial charge in [0.2, 0.25) is 10.0 Å². The van der Waals surface area contributed by atoms with Gasteiger partial charge < -0.3 is 5.73 Å². The van der Waals surface area contributed by atoms with Crippen molar-refractivity contribution in [1.29, 1.82) is 0 Å². The van der Waals surface area contributed by atoms with Gasteiger partial charge in [0.1, 0.15) is 4.90 Å². The second kappa shape index (κ2) is 6.53. The number of rotatable bonds is 4. The Morgan fingerprint density at radius 3 is 2.04 bits per heavy atom. The Kier molecular flexibility index (Phi) is 4.72. The van der Waals surface area contributed by atoms with Gasteiger partial charge >= 0.3 is 0 Å². The van der Waals surface area contributed by atoms with Crippen LogP contribution < -0.4 is 5.73 Å². The zero-order chi connectivity index (χ0) is 18.2. The lowest BCUT2D eigenvalue weighted by Crippen LogP contribution is -2.32. The number of sulfonamides is 1. The fraction of sp³-hybridized carbons (Fsp3) is 0.294. The zero-order valence-electron chi connectivity index (χ0n) is 13.7. The van der Waals surface area contributed by atoms with Crippen LogP contribution in [0.1, 0.15) is 11.5 Å². The Bertz CT molecular complexity index is 973. The molecule has 2 atom stereocenters. The molecule has 25 heavy (non-hydrogen) atoms. The van der Waals surface area contributed by atoms with E-state index in [9.17, 15) is 16.8 Å². The molecular formula is C17H20N2O4S2. The lowest BCUT2D eigenvalue weighted by atomic mass is 9.95. The summed E-state index contributed by atoms with van der Waals surface area (Å²) >= 11 is 0. The summed E-state index contributed by atoms with van der Waals surface area (Å²) in [6.07, 6.45) is 1.00. The van der Waals surface area contributed by atoms with Crippen LogP contribution in [0.25, 0.3) is 0 Å². The Labute approximate surface area is 148 Å². The van der Waals surface area contributed by atoms with Gasteiger partial charge in [0.15, 0.2) is 9.84 Å². The van der Waals surface area contributed by atoms with E-state index in [1.807, 2.05) is 30.3 Å². The molecule has 0 unspecified atom stereocenters. The van der Waals surface area contributed by atoms with Gasteiger partial charge in [0.05, 0.1) is 4.90 Å². The average Bonchev–Trinajstić information content (AvgIpc) is 2.97. The minimum atomic E-state index is -3.95. The van der Waals surface area contributed by atoms with Crippen LogP contribution in [0.4, 0.5) is 0 Å². The third-order valence-corrected chi connectivity index (χ3v) is 7.60. The van der Waals surface area contributed by atoms with Crippen molar-refractivity contribution in [1.82, 2.24) is 4.31 Å². The largest absolute Gasteiger partial charge is 0.326 e. The molecule has 1 fully saturated rings. The quantitative estimate of drug-likeness (QED) is 0.860. The van der Waals surface area contributed by atoms with Crippen LogP contribution in [-0.2, 0) is 19.9 Å². The summed E-state index contributed by atoms with van der Waals surface area (Å²) in [4.78, 5) is -0.384. The molecule has 3 rings (SSSR count). The second-order valence-electron chi connectivity index (χ2n) is 6.22. The van der Waals surface area contributed by atoms with E-state index >= 15 is 0 Å². The van der Waals surface area contributed by atoms with E-state index in [2.05, 4.69) is 0 Å². The van der Waals surface area contributed by atoms with Crippen molar-refractivity contribution in [3.63, 3.8) is 0 Å². The third-order valence-electron chi connectivity index (χ3n) is 4.43. The Hall–Kier alpha value is -1.74. The van der Waals surface area contributed by atoms with E-state index in [0.717, 1.165) is 11.8 Å². The fourth-order valence-corrected chi connectivity index (χ4v) is 6.25. The van der Waals surface area contributed by atoms with Gasteiger partial charge in [-0.25, -0.2) is 16.8 Å². The van der Waals surface area contributed by atoms with Crippen LogP contribution >= 0.6 is 0 Å². The molecule has 0 radical (unpaired) electrons. The average molecular weight is 380 g/mol. The van der Waals surface area contributed by atoms with Crippen molar-refractivity contribution in [2.45, 2.75) is 21.8 Å². The first kappa shape index (κ1) is 18.1. The maximum atomic E-state index is 13.0. The van der Waals surface area contributed by atoms with Crippen molar-refractivity contribution in [2.24, 2.45) is 5.73 Å². The normalized spacial score (nSPS) is 22.2. The van der Waals surface area contributed by atoms with E-state index in [-0.39, 0.29) is 34.8 Å². The molecule has 1 saturated heterocycles. The van der Waals surface area contributed by atoms with Gasteiger partial charge in [-0.2, -0.15) is 4.31 Å². The van der Waals surface area contributed by atoms with Gasteiger partial charge in [-0.1, -0.05) is 42.5 Å². The number of hydrogen-bond donors (Lipinski definition) is 1. The predicted molar refractivity (Wildman–Crippen MR) is 95.5 cm³/mol. The molecule has 0 saturated carbocycles. The van der Waals surface area contributed by atoms with Gasteiger partial charge in [0, 0.05) is 31.3 Å². The summed E-state index contributed by atoms with van der Waals surface area (Å²) in [6, 6.07) is 14.8. The highest BCUT2D eigenvalue weighted by Crippen LogP contribution is 2.32. The third kappa shape index (κ3) is 3.48. The minimum absolute atomic E-state index is 0.124. The summed E-state index contributed by atoms with van der Waals surface area (Å²) in [5.74, 6) is -0.124. The van der Waals surface area contributed by atoms with Gasteiger partial charge in [-0.05, 0) is 17.7 Å². The van der Waals surface area contributed by atoms with Gasteiger partial charge in [0.25, 0.3) is 0 Å². The lowest BCUT2D eigenvalue weighted by Gasteiger charge is -2.18. The van der Waals surface area contributed by atoms with Crippen molar-refractivity contribution in [3.8, 4) is 0 Å². The van der Waals surface area contributed by atoms with E-state index in [0.29, 0.717) is 0 Å². The SMILES string of the molecule is CS(=O)(=O)c1ccccc1S(=O)(=O)N1C[C@@H](N)[C@H](c2ccccc2)C1. The second-order valence-corrected chi connectivity index (χ2v) is 10.1. The highest BCUT2D eigenvalue weighted by molar-refractivity contribution is 7.93. The van der Waals surface area contributed by atoms with Crippen molar-refractivity contribution >= 4 is 19.9 Å². The van der Waals surface area contributed by atoms with Gasteiger partial charge in [-0.3, -0.25) is 0 Å². The zero-order valence-corrected chi connectivity index (χ0v) is 15.4. The lowest BCUT2D eigenvalue weighted by molar-refractivity contribution is 0.468. The summed E-state index contributed by atoms with van der Waals surface area (Å²) in [5.41, 5.74) is 7.15. The number of sulfone groups is 1. The van der Waals surface area contributed by atoms with E-state index in [1.165, 1.54) is 28.6 Å². The maximum Gasteiger partial charge on any atom is 0.244 e. The monoisotopic (exact) mass is 380 g/mol. The predicted octanol–water partition coefficient (Wildman–Crippen LogP) is 1.21. The topological polar surface area (TPSA) is 97.5 Å². The Balaban J connectivity index is 1.98. The van der Waals surface area contributed by atoms with E-state index in [4.69, 9.17) is 5.73 Å². The molecule has 0 bridgehead atoms. The molecule has 0 spiro atoms. The summed E-state index contributed by atoms with van der Waals surface area (Å²) in [6.45, 7) is 0.381. The van der Waals surface area contributed by atoms with Crippen LogP contribution in [0.5, 0.6) is 0 Å². The first-order valence-electron chi connectivity index (χ1n) is 7.81. The van der Waals surface area contributed by atoms with Crippen LogP contribution in [0.2, 0.25) is 0 Å². The standard InChI is InChI=1S/C17H20N2O4S2/c1-24(20,21)16-9-5-6-10-17(16)25(22,23)19-11-14(15(18)12-19)13-7-3-2-4-8-13/h2-10,14-15H,11-12,18H2,1H3/t14-,15+/m0/s1. The number of nitrogens with zero attached hydrogens (tertiary/aromatic N) is 1. The molecule has 2 aromatic carbocycles.